The molecule has 29 heavy (non-hydrogen) atoms. The van der Waals surface area contributed by atoms with Gasteiger partial charge in [-0.15, -0.1) is 0 Å². The zero-order chi connectivity index (χ0) is 20.1. The molecular formula is C22H19ClFN5. The number of aromatic nitrogens is 2. The SMILES string of the molecule is CN1CC2C(C#Cc3cc4ncnc(Nc5cccc(Cl)c5F)c4cc3N)C2C1. The Balaban J connectivity index is 1.45. The molecule has 146 valence electrons. The van der Waals surface area contributed by atoms with Gasteiger partial charge in [-0.2, -0.15) is 0 Å². The van der Waals surface area contributed by atoms with Crippen LogP contribution in [0.1, 0.15) is 5.56 Å². The number of likely N-dealkylation sites (tertiary alicyclic amines) is 1. The highest BCUT2D eigenvalue weighted by Gasteiger charge is 2.53. The highest BCUT2D eigenvalue weighted by Crippen LogP contribution is 2.50. The smallest absolute Gasteiger partial charge is 0.165 e. The minimum Gasteiger partial charge on any atom is -0.398 e. The van der Waals surface area contributed by atoms with Gasteiger partial charge < -0.3 is 16.0 Å². The Morgan fingerprint density at radius 3 is 2.83 bits per heavy atom. The maximum Gasteiger partial charge on any atom is 0.165 e. The van der Waals surface area contributed by atoms with Crippen LogP contribution in [0.25, 0.3) is 10.9 Å². The Morgan fingerprint density at radius 2 is 2.03 bits per heavy atom. The Morgan fingerprint density at radius 1 is 1.24 bits per heavy atom. The molecule has 3 N–H and O–H groups in total. The van der Waals surface area contributed by atoms with Crippen molar-refractivity contribution in [2.45, 2.75) is 0 Å². The van der Waals surface area contributed by atoms with E-state index in [1.807, 2.05) is 6.07 Å². The fraction of sp³-hybridized carbons (Fsp3) is 0.273. The van der Waals surface area contributed by atoms with Gasteiger partial charge in [0.15, 0.2) is 5.82 Å². The summed E-state index contributed by atoms with van der Waals surface area (Å²) in [7, 11) is 2.15. The molecule has 1 aliphatic carbocycles. The van der Waals surface area contributed by atoms with Crippen molar-refractivity contribution in [3.05, 3.63) is 53.1 Å². The summed E-state index contributed by atoms with van der Waals surface area (Å²) in [5, 5.41) is 3.72. The van der Waals surface area contributed by atoms with Gasteiger partial charge in [0.1, 0.15) is 12.1 Å². The van der Waals surface area contributed by atoms with E-state index >= 15 is 0 Å². The summed E-state index contributed by atoms with van der Waals surface area (Å²) in [6, 6.07) is 8.41. The van der Waals surface area contributed by atoms with Crippen LogP contribution in [0.2, 0.25) is 5.02 Å². The molecule has 2 atom stereocenters. The van der Waals surface area contributed by atoms with E-state index in [9.17, 15) is 4.39 Å². The number of nitrogens with one attached hydrogen (secondary N) is 1. The van der Waals surface area contributed by atoms with Crippen LogP contribution >= 0.6 is 11.6 Å². The summed E-state index contributed by atoms with van der Waals surface area (Å²) in [5.41, 5.74) is 8.50. The van der Waals surface area contributed by atoms with Crippen LogP contribution in [0.4, 0.5) is 21.6 Å². The van der Waals surface area contributed by atoms with Gasteiger partial charge in [0, 0.05) is 35.6 Å². The fourth-order valence-electron chi connectivity index (χ4n) is 4.17. The maximum absolute atomic E-state index is 14.3. The van der Waals surface area contributed by atoms with E-state index in [0.717, 1.165) is 18.7 Å². The first-order valence-corrected chi connectivity index (χ1v) is 9.84. The number of halogens is 2. The average Bonchev–Trinajstić information content (AvgIpc) is 3.16. The molecule has 1 aromatic heterocycles. The second-order valence-electron chi connectivity index (χ2n) is 7.75. The molecule has 2 aromatic carbocycles. The topological polar surface area (TPSA) is 67.1 Å². The molecular weight excluding hydrogens is 389 g/mol. The van der Waals surface area contributed by atoms with Crippen molar-refractivity contribution in [1.29, 1.82) is 0 Å². The van der Waals surface area contributed by atoms with Gasteiger partial charge >= 0.3 is 0 Å². The molecule has 2 aliphatic rings. The minimum atomic E-state index is -0.531. The lowest BCUT2D eigenvalue weighted by molar-refractivity contribution is 0.360. The van der Waals surface area contributed by atoms with Gasteiger partial charge in [-0.3, -0.25) is 0 Å². The molecule has 5 rings (SSSR count). The standard InChI is InChI=1S/C22H19ClFN5/c1-29-9-15-13(16(15)10-29)6-5-12-7-20-14(8-18(12)25)22(27-11-26-20)28-19-4-2-3-17(23)21(19)24/h2-4,7-8,11,13,15-16H,9-10,25H2,1H3,(H,26,27,28). The van der Waals surface area contributed by atoms with Crippen molar-refractivity contribution in [3.63, 3.8) is 0 Å². The molecule has 2 unspecified atom stereocenters. The summed E-state index contributed by atoms with van der Waals surface area (Å²) in [4.78, 5) is 10.9. The van der Waals surface area contributed by atoms with Crippen molar-refractivity contribution in [3.8, 4) is 11.8 Å². The van der Waals surface area contributed by atoms with Crippen molar-refractivity contribution in [2.75, 3.05) is 31.2 Å². The average molecular weight is 408 g/mol. The van der Waals surface area contributed by atoms with Gasteiger partial charge in [-0.05, 0) is 43.1 Å². The van der Waals surface area contributed by atoms with Gasteiger partial charge in [-0.25, -0.2) is 14.4 Å². The van der Waals surface area contributed by atoms with Crippen molar-refractivity contribution >= 4 is 39.7 Å². The Labute approximate surface area is 173 Å². The molecule has 2 heterocycles. The number of nitrogens with zero attached hydrogens (tertiary/aromatic N) is 3. The first kappa shape index (κ1) is 18.2. The quantitative estimate of drug-likeness (QED) is 0.498. The molecule has 0 bridgehead atoms. The minimum absolute atomic E-state index is 0.0430. The van der Waals surface area contributed by atoms with Crippen LogP contribution < -0.4 is 11.1 Å². The summed E-state index contributed by atoms with van der Waals surface area (Å²) >= 11 is 5.87. The highest BCUT2D eigenvalue weighted by atomic mass is 35.5. The summed E-state index contributed by atoms with van der Waals surface area (Å²) in [6.45, 7) is 2.25. The first-order valence-electron chi connectivity index (χ1n) is 9.46. The second kappa shape index (κ2) is 6.87. The van der Waals surface area contributed by atoms with E-state index < -0.39 is 5.82 Å². The largest absolute Gasteiger partial charge is 0.398 e. The predicted octanol–water partition coefficient (Wildman–Crippen LogP) is 3.91. The third kappa shape index (κ3) is 3.27. The summed E-state index contributed by atoms with van der Waals surface area (Å²) in [5.74, 6) is 8.42. The Hall–Kier alpha value is -2.88. The summed E-state index contributed by atoms with van der Waals surface area (Å²) in [6.07, 6.45) is 1.43. The van der Waals surface area contributed by atoms with Crippen LogP contribution in [0, 0.1) is 35.4 Å². The van der Waals surface area contributed by atoms with Crippen LogP contribution in [-0.2, 0) is 0 Å². The molecule has 5 nitrogen and oxygen atoms in total. The second-order valence-corrected chi connectivity index (χ2v) is 8.16. The molecule has 7 heteroatoms. The maximum atomic E-state index is 14.3. The van der Waals surface area contributed by atoms with Crippen molar-refractivity contribution in [2.24, 2.45) is 17.8 Å². The number of anilines is 3. The van der Waals surface area contributed by atoms with E-state index in [1.165, 1.54) is 12.4 Å². The van der Waals surface area contributed by atoms with Crippen LogP contribution in [0.3, 0.4) is 0 Å². The molecule has 0 spiro atoms. The zero-order valence-corrected chi connectivity index (χ0v) is 16.5. The number of benzene rings is 2. The number of nitrogens with two attached hydrogens (primary N) is 1. The monoisotopic (exact) mass is 407 g/mol. The molecule has 2 fully saturated rings. The number of nitrogen functional groups attached to an aromatic ring is 1. The van der Waals surface area contributed by atoms with Gasteiger partial charge in [-0.1, -0.05) is 29.5 Å². The van der Waals surface area contributed by atoms with E-state index in [2.05, 4.69) is 39.1 Å². The molecule has 1 saturated heterocycles. The van der Waals surface area contributed by atoms with Crippen LogP contribution in [0.5, 0.6) is 0 Å². The summed E-state index contributed by atoms with van der Waals surface area (Å²) < 4.78 is 14.3. The van der Waals surface area contributed by atoms with Gasteiger partial charge in [0.2, 0.25) is 0 Å². The number of hydrogen-bond acceptors (Lipinski definition) is 5. The van der Waals surface area contributed by atoms with Crippen LogP contribution in [0.15, 0.2) is 36.7 Å². The van der Waals surface area contributed by atoms with E-state index in [4.69, 9.17) is 17.3 Å². The highest BCUT2D eigenvalue weighted by molar-refractivity contribution is 6.31. The van der Waals surface area contributed by atoms with E-state index in [0.29, 0.717) is 40.2 Å². The normalized spacial score (nSPS) is 22.8. The van der Waals surface area contributed by atoms with Gasteiger partial charge in [0.05, 0.1) is 16.2 Å². The van der Waals surface area contributed by atoms with Crippen molar-refractivity contribution < 1.29 is 4.39 Å². The number of rotatable bonds is 2. The third-order valence-electron chi connectivity index (χ3n) is 5.76. The molecule has 1 aliphatic heterocycles. The lowest BCUT2D eigenvalue weighted by Crippen LogP contribution is -2.18. The lowest BCUT2D eigenvalue weighted by atomic mass is 10.1. The van der Waals surface area contributed by atoms with Crippen molar-refractivity contribution in [1.82, 2.24) is 14.9 Å². The zero-order valence-electron chi connectivity index (χ0n) is 15.8. The number of fused-ring (bicyclic) bond motifs is 2. The van der Waals surface area contributed by atoms with E-state index in [-0.39, 0.29) is 10.7 Å². The molecule has 0 radical (unpaired) electrons. The fourth-order valence-corrected chi connectivity index (χ4v) is 4.34. The first-order chi connectivity index (χ1) is 14.0. The van der Waals surface area contributed by atoms with E-state index in [1.54, 1.807) is 18.2 Å². The predicted molar refractivity (Wildman–Crippen MR) is 113 cm³/mol. The number of hydrogen-bond donors (Lipinski definition) is 2. The molecule has 1 saturated carbocycles. The Kier molecular flexibility index (Phi) is 4.30. The lowest BCUT2D eigenvalue weighted by Gasteiger charge is -2.11. The molecule has 0 amide bonds. The molecule has 3 aromatic rings. The number of piperidine rings is 1. The van der Waals surface area contributed by atoms with Gasteiger partial charge in [0.25, 0.3) is 0 Å². The van der Waals surface area contributed by atoms with Crippen LogP contribution in [-0.4, -0.2) is 35.0 Å². The Bertz CT molecular complexity index is 1170. The third-order valence-corrected chi connectivity index (χ3v) is 6.05.